The molecule has 136 valence electrons. The molecule has 1 heterocycles. The van der Waals surface area contributed by atoms with Crippen molar-refractivity contribution in [1.82, 2.24) is 15.7 Å². The number of fused-ring (bicyclic) bond motifs is 1. The van der Waals surface area contributed by atoms with E-state index in [2.05, 4.69) is 20.8 Å². The quantitative estimate of drug-likeness (QED) is 0.140. The molecule has 1 aromatic heterocycles. The van der Waals surface area contributed by atoms with Gasteiger partial charge in [-0.3, -0.25) is 5.10 Å². The number of nitrogens with one attached hydrogen (secondary N) is 2. The molecule has 9 nitrogen and oxygen atoms in total. The highest BCUT2D eigenvalue weighted by Crippen LogP contribution is 2.37. The maximum absolute atomic E-state index is 12.3. The first kappa shape index (κ1) is 18.2. The first-order valence-electron chi connectivity index (χ1n) is 7.34. The Morgan fingerprint density at radius 1 is 1.27 bits per heavy atom. The topological polar surface area (TPSA) is 165 Å². The third kappa shape index (κ3) is 3.12. The van der Waals surface area contributed by atoms with E-state index in [0.717, 1.165) is 10.9 Å². The first-order valence-corrected chi connectivity index (χ1v) is 10.1. The van der Waals surface area contributed by atoms with E-state index in [-0.39, 0.29) is 16.3 Å². The molecule has 0 atom stereocenters. The second-order valence-electron chi connectivity index (χ2n) is 5.33. The lowest BCUT2D eigenvalue weighted by molar-refractivity contribution is 0.595. The molecule has 11 heteroatoms. The molecule has 0 radical (unpaired) electrons. The van der Waals surface area contributed by atoms with Gasteiger partial charge in [-0.1, -0.05) is 24.3 Å². The summed E-state index contributed by atoms with van der Waals surface area (Å²) in [5.74, 6) is 5.14. The smallest absolute Gasteiger partial charge is 0.239 e. The molecule has 0 saturated heterocycles. The summed E-state index contributed by atoms with van der Waals surface area (Å²) in [4.78, 5) is 0.355. The van der Waals surface area contributed by atoms with Gasteiger partial charge in [-0.15, -0.1) is 16.9 Å². The predicted molar refractivity (Wildman–Crippen MR) is 103 cm³/mol. The normalized spacial score (nSPS) is 12.5. The molecule has 26 heavy (non-hydrogen) atoms. The number of H-pyrrole nitrogens is 1. The Morgan fingerprint density at radius 3 is 2.69 bits per heavy atom. The Hall–Kier alpha value is -2.60. The maximum Gasteiger partial charge on any atom is 0.239 e. The molecule has 0 amide bonds. The van der Waals surface area contributed by atoms with Gasteiger partial charge in [-0.25, -0.2) is 24.9 Å². The highest BCUT2D eigenvalue weighted by molar-refractivity contribution is 7.99. The molecule has 0 saturated carbocycles. The van der Waals surface area contributed by atoms with Crippen molar-refractivity contribution in [1.29, 1.82) is 0 Å². The summed E-state index contributed by atoms with van der Waals surface area (Å²) in [5.41, 5.74) is 10.3. The summed E-state index contributed by atoms with van der Waals surface area (Å²) < 4.78 is 24.6. The summed E-state index contributed by atoms with van der Waals surface area (Å²) in [5, 5.41) is 17.1. The number of hydrazine groups is 1. The number of rotatable bonds is 5. The van der Waals surface area contributed by atoms with Crippen LogP contribution < -0.4 is 22.3 Å². The molecule has 3 rings (SSSR count). The fourth-order valence-electron chi connectivity index (χ4n) is 2.80. The second kappa shape index (κ2) is 6.96. The van der Waals surface area contributed by atoms with Crippen molar-refractivity contribution in [2.45, 2.75) is 9.79 Å². The van der Waals surface area contributed by atoms with Gasteiger partial charge in [0.1, 0.15) is 4.90 Å². The van der Waals surface area contributed by atoms with E-state index in [1.54, 1.807) is 24.6 Å². The number of nitrogens with two attached hydrogens (primary N) is 3. The number of thioether (sulfide) groups is 1. The minimum Gasteiger partial charge on any atom is -0.382 e. The predicted octanol–water partition coefficient (Wildman–Crippen LogP) is 0.683. The largest absolute Gasteiger partial charge is 0.382 e. The zero-order valence-electron chi connectivity index (χ0n) is 13.7. The average Bonchev–Trinajstić information content (AvgIpc) is 3.08. The minimum absolute atomic E-state index is 0.0982. The standard InChI is InChI=1S/C15H17N7O2S2/c1-25-11-6-5-9(10-4-2-3-8-7-19-20-13(8)10)12(15(16)21-22-17)14(11)26(18,23)24/h2-7,22H,17H2,1H3,(H2,16,21)(H,19,20)(H2,18,23,24). The molecule has 0 aliphatic carbocycles. The van der Waals surface area contributed by atoms with Gasteiger partial charge in [-0.05, 0) is 17.9 Å². The van der Waals surface area contributed by atoms with Crippen LogP contribution in [0.2, 0.25) is 0 Å². The Balaban J connectivity index is 2.47. The Labute approximate surface area is 154 Å². The van der Waals surface area contributed by atoms with Crippen molar-refractivity contribution in [2.24, 2.45) is 21.8 Å². The summed E-state index contributed by atoms with van der Waals surface area (Å²) >= 11 is 1.24. The number of hydrogen-bond donors (Lipinski definition) is 5. The van der Waals surface area contributed by atoms with E-state index in [1.165, 1.54) is 11.8 Å². The van der Waals surface area contributed by atoms with Crippen LogP contribution in [0.3, 0.4) is 0 Å². The number of amidine groups is 1. The van der Waals surface area contributed by atoms with Crippen LogP contribution >= 0.6 is 11.8 Å². The van der Waals surface area contributed by atoms with E-state index in [0.29, 0.717) is 16.0 Å². The number of nitrogens with zero attached hydrogens (tertiary/aromatic N) is 2. The molecule has 0 unspecified atom stereocenters. The monoisotopic (exact) mass is 391 g/mol. The van der Waals surface area contributed by atoms with Gasteiger partial charge >= 0.3 is 0 Å². The fraction of sp³-hybridized carbons (Fsp3) is 0.0667. The molecule has 2 aromatic carbocycles. The Morgan fingerprint density at radius 2 is 2.04 bits per heavy atom. The van der Waals surface area contributed by atoms with Gasteiger partial charge in [-0.2, -0.15) is 5.10 Å². The number of aromatic nitrogens is 2. The number of hydrogen-bond acceptors (Lipinski definition) is 7. The van der Waals surface area contributed by atoms with Crippen LogP contribution in [0, 0.1) is 0 Å². The van der Waals surface area contributed by atoms with Gasteiger partial charge in [0.05, 0.1) is 11.7 Å². The van der Waals surface area contributed by atoms with Crippen LogP contribution in [0.15, 0.2) is 51.4 Å². The molecule has 3 aromatic rings. The fourth-order valence-corrected chi connectivity index (χ4v) is 4.74. The first-order chi connectivity index (χ1) is 12.4. The summed E-state index contributed by atoms with van der Waals surface area (Å²) in [6.07, 6.45) is 3.42. The lowest BCUT2D eigenvalue weighted by atomic mass is 9.97. The van der Waals surface area contributed by atoms with Crippen LogP contribution in [0.4, 0.5) is 0 Å². The SMILES string of the molecule is CSc1ccc(-c2cccc3cn[nH]c23)c(/C(N)=N/NN)c1S(N)(=O)=O. The molecular weight excluding hydrogens is 374 g/mol. The third-order valence-electron chi connectivity index (χ3n) is 3.83. The van der Waals surface area contributed by atoms with Gasteiger partial charge in [0.25, 0.3) is 0 Å². The van der Waals surface area contributed by atoms with E-state index >= 15 is 0 Å². The zero-order chi connectivity index (χ0) is 18.9. The lowest BCUT2D eigenvalue weighted by Crippen LogP contribution is -2.27. The number of hydrazone groups is 1. The van der Waals surface area contributed by atoms with Crippen molar-refractivity contribution < 1.29 is 8.42 Å². The van der Waals surface area contributed by atoms with Gasteiger partial charge in [0, 0.05) is 21.4 Å². The average molecular weight is 391 g/mol. The Kier molecular flexibility index (Phi) is 4.87. The number of primary sulfonamides is 1. The number of sulfonamides is 1. The number of benzene rings is 2. The second-order valence-corrected chi connectivity index (χ2v) is 7.68. The number of para-hydroxylation sites is 1. The molecule has 8 N–H and O–H groups in total. The van der Waals surface area contributed by atoms with Crippen molar-refractivity contribution in [2.75, 3.05) is 6.26 Å². The molecule has 0 fully saturated rings. The van der Waals surface area contributed by atoms with Crippen LogP contribution in [0.25, 0.3) is 22.0 Å². The van der Waals surface area contributed by atoms with Gasteiger partial charge in [0.15, 0.2) is 5.84 Å². The Bertz CT molecular complexity index is 1110. The molecule has 0 aliphatic rings. The van der Waals surface area contributed by atoms with Crippen LogP contribution in [-0.2, 0) is 10.0 Å². The summed E-state index contributed by atoms with van der Waals surface area (Å²) in [7, 11) is -4.09. The molecule has 0 spiro atoms. The highest BCUT2D eigenvalue weighted by Gasteiger charge is 2.26. The molecule has 0 aliphatic heterocycles. The van der Waals surface area contributed by atoms with Crippen LogP contribution in [0.5, 0.6) is 0 Å². The van der Waals surface area contributed by atoms with Crippen molar-refractivity contribution in [3.05, 3.63) is 42.1 Å². The van der Waals surface area contributed by atoms with Crippen LogP contribution in [-0.4, -0.2) is 30.7 Å². The maximum atomic E-state index is 12.3. The van der Waals surface area contributed by atoms with Crippen LogP contribution in [0.1, 0.15) is 5.56 Å². The number of aromatic amines is 1. The van der Waals surface area contributed by atoms with Crippen molar-refractivity contribution in [3.8, 4) is 11.1 Å². The van der Waals surface area contributed by atoms with Crippen molar-refractivity contribution in [3.63, 3.8) is 0 Å². The third-order valence-corrected chi connectivity index (χ3v) is 5.74. The summed E-state index contributed by atoms with van der Waals surface area (Å²) in [6.45, 7) is 0. The van der Waals surface area contributed by atoms with E-state index in [1.807, 2.05) is 18.2 Å². The molecular formula is C15H17N7O2S2. The van der Waals surface area contributed by atoms with Crippen molar-refractivity contribution >= 4 is 38.5 Å². The van der Waals surface area contributed by atoms with Gasteiger partial charge < -0.3 is 5.73 Å². The van der Waals surface area contributed by atoms with Gasteiger partial charge in [0.2, 0.25) is 10.0 Å². The lowest BCUT2D eigenvalue weighted by Gasteiger charge is -2.17. The zero-order valence-corrected chi connectivity index (χ0v) is 15.4. The minimum atomic E-state index is -4.09. The van der Waals surface area contributed by atoms with E-state index in [9.17, 15) is 8.42 Å². The van der Waals surface area contributed by atoms with E-state index < -0.39 is 10.0 Å². The summed E-state index contributed by atoms with van der Waals surface area (Å²) in [6, 6.07) is 9.00. The molecule has 0 bridgehead atoms. The highest BCUT2D eigenvalue weighted by atomic mass is 32.2. The van der Waals surface area contributed by atoms with E-state index in [4.69, 9.17) is 16.7 Å².